The molecular weight excluding hydrogens is 240 g/mol. The van der Waals surface area contributed by atoms with Crippen molar-refractivity contribution >= 4 is 5.97 Å². The lowest BCUT2D eigenvalue weighted by Gasteiger charge is -2.21. The summed E-state index contributed by atoms with van der Waals surface area (Å²) in [6.45, 7) is 6.35. The molecule has 0 saturated heterocycles. The van der Waals surface area contributed by atoms with Crippen molar-refractivity contribution in [3.05, 3.63) is 12.2 Å². The van der Waals surface area contributed by atoms with Crippen molar-refractivity contribution in [1.82, 2.24) is 0 Å². The molecular formula is C16H28O3. The molecule has 0 aliphatic carbocycles. The van der Waals surface area contributed by atoms with Gasteiger partial charge in [-0.25, -0.2) is 0 Å². The van der Waals surface area contributed by atoms with Crippen molar-refractivity contribution in [3.63, 3.8) is 0 Å². The maximum absolute atomic E-state index is 11.8. The van der Waals surface area contributed by atoms with E-state index in [2.05, 4.69) is 32.9 Å². The van der Waals surface area contributed by atoms with Gasteiger partial charge in [0, 0.05) is 12.8 Å². The van der Waals surface area contributed by atoms with Crippen LogP contribution in [-0.4, -0.2) is 23.3 Å². The van der Waals surface area contributed by atoms with Crippen LogP contribution < -0.4 is 0 Å². The quantitative estimate of drug-likeness (QED) is 0.616. The monoisotopic (exact) mass is 268 g/mol. The average molecular weight is 268 g/mol. The molecule has 1 heterocycles. The Morgan fingerprint density at radius 3 is 2.74 bits per heavy atom. The van der Waals surface area contributed by atoms with Gasteiger partial charge in [-0.15, -0.1) is 0 Å². The lowest BCUT2D eigenvalue weighted by atomic mass is 9.95. The second-order valence-corrected chi connectivity index (χ2v) is 6.12. The topological polar surface area (TPSA) is 46.5 Å². The molecule has 0 amide bonds. The van der Waals surface area contributed by atoms with E-state index in [1.54, 1.807) is 0 Å². The fourth-order valence-corrected chi connectivity index (χ4v) is 2.42. The van der Waals surface area contributed by atoms with Gasteiger partial charge in [0.2, 0.25) is 0 Å². The van der Waals surface area contributed by atoms with E-state index in [1.165, 1.54) is 0 Å². The Labute approximate surface area is 117 Å². The molecule has 3 atom stereocenters. The highest BCUT2D eigenvalue weighted by molar-refractivity contribution is 5.69. The third-order valence-corrected chi connectivity index (χ3v) is 3.64. The van der Waals surface area contributed by atoms with Crippen LogP contribution in [0.15, 0.2) is 12.2 Å². The van der Waals surface area contributed by atoms with Crippen LogP contribution in [0.4, 0.5) is 0 Å². The first-order chi connectivity index (χ1) is 8.99. The first-order valence-electron chi connectivity index (χ1n) is 7.51. The maximum atomic E-state index is 11.8. The molecule has 0 saturated carbocycles. The van der Waals surface area contributed by atoms with E-state index in [9.17, 15) is 9.90 Å². The minimum absolute atomic E-state index is 0.00315. The minimum atomic E-state index is -0.316. The molecule has 0 bridgehead atoms. The van der Waals surface area contributed by atoms with Gasteiger partial charge in [-0.2, -0.15) is 0 Å². The third kappa shape index (κ3) is 6.76. The first kappa shape index (κ1) is 16.2. The highest BCUT2D eigenvalue weighted by Gasteiger charge is 2.18. The predicted molar refractivity (Wildman–Crippen MR) is 76.7 cm³/mol. The summed E-state index contributed by atoms with van der Waals surface area (Å²) in [6, 6.07) is 0. The number of hydrogen-bond acceptors (Lipinski definition) is 3. The van der Waals surface area contributed by atoms with Crippen molar-refractivity contribution in [2.75, 3.05) is 0 Å². The molecule has 1 N–H and O–H groups in total. The van der Waals surface area contributed by atoms with Crippen molar-refractivity contribution in [1.29, 1.82) is 0 Å². The van der Waals surface area contributed by atoms with Crippen LogP contribution in [0.25, 0.3) is 0 Å². The minimum Gasteiger partial charge on any atom is -0.462 e. The number of allylic oxidation sites excluding steroid dienone is 1. The second-order valence-electron chi connectivity index (χ2n) is 6.12. The van der Waals surface area contributed by atoms with E-state index in [0.29, 0.717) is 25.2 Å². The zero-order valence-electron chi connectivity index (χ0n) is 12.5. The molecule has 0 aromatic rings. The van der Waals surface area contributed by atoms with Gasteiger partial charge < -0.3 is 9.84 Å². The van der Waals surface area contributed by atoms with E-state index in [0.717, 1.165) is 19.3 Å². The Morgan fingerprint density at radius 1 is 1.37 bits per heavy atom. The Kier molecular flexibility index (Phi) is 7.14. The smallest absolute Gasteiger partial charge is 0.306 e. The number of aliphatic hydroxyl groups is 1. The Morgan fingerprint density at radius 2 is 2.05 bits per heavy atom. The van der Waals surface area contributed by atoms with E-state index in [4.69, 9.17) is 4.74 Å². The van der Waals surface area contributed by atoms with E-state index >= 15 is 0 Å². The van der Waals surface area contributed by atoms with Crippen LogP contribution in [0.3, 0.4) is 0 Å². The van der Waals surface area contributed by atoms with Crippen LogP contribution in [0.5, 0.6) is 0 Å². The molecule has 1 aliphatic rings. The molecule has 3 nitrogen and oxygen atoms in total. The number of rotatable bonds is 2. The van der Waals surface area contributed by atoms with Crippen LogP contribution in [-0.2, 0) is 9.53 Å². The third-order valence-electron chi connectivity index (χ3n) is 3.64. The molecule has 0 unspecified atom stereocenters. The summed E-state index contributed by atoms with van der Waals surface area (Å²) in [4.78, 5) is 11.8. The molecule has 0 aromatic heterocycles. The lowest BCUT2D eigenvalue weighted by molar-refractivity contribution is -0.149. The summed E-state index contributed by atoms with van der Waals surface area (Å²) in [5.74, 6) is 0.662. The van der Waals surface area contributed by atoms with Gasteiger partial charge in [0.15, 0.2) is 0 Å². The summed E-state index contributed by atoms with van der Waals surface area (Å²) < 4.78 is 5.52. The van der Waals surface area contributed by atoms with Crippen LogP contribution in [0.1, 0.15) is 59.3 Å². The molecule has 0 radical (unpaired) electrons. The SMILES string of the molecule is CC(C)C[C@H]1C/C=C/C[C@H](C)[C@@H](O)CCCC(=O)O1. The van der Waals surface area contributed by atoms with Gasteiger partial charge in [0.1, 0.15) is 6.10 Å². The number of carbonyl (C=O) groups is 1. The van der Waals surface area contributed by atoms with Gasteiger partial charge in [-0.3, -0.25) is 4.79 Å². The largest absolute Gasteiger partial charge is 0.462 e. The van der Waals surface area contributed by atoms with Crippen molar-refractivity contribution in [3.8, 4) is 0 Å². The van der Waals surface area contributed by atoms with Crippen molar-refractivity contribution < 1.29 is 14.6 Å². The number of aliphatic hydroxyl groups excluding tert-OH is 1. The maximum Gasteiger partial charge on any atom is 0.306 e. The molecule has 3 heteroatoms. The lowest BCUT2D eigenvalue weighted by Crippen LogP contribution is -2.22. The van der Waals surface area contributed by atoms with Crippen LogP contribution >= 0.6 is 0 Å². The molecule has 1 aliphatic heterocycles. The molecule has 0 spiro atoms. The van der Waals surface area contributed by atoms with Gasteiger partial charge in [0.05, 0.1) is 6.10 Å². The Balaban J connectivity index is 2.61. The van der Waals surface area contributed by atoms with Crippen molar-refractivity contribution in [2.24, 2.45) is 11.8 Å². The summed E-state index contributed by atoms with van der Waals surface area (Å²) >= 11 is 0. The summed E-state index contributed by atoms with van der Waals surface area (Å²) in [5, 5.41) is 9.93. The number of ether oxygens (including phenoxy) is 1. The number of esters is 1. The first-order valence-corrected chi connectivity index (χ1v) is 7.51. The summed E-state index contributed by atoms with van der Waals surface area (Å²) in [5.41, 5.74) is 0. The number of cyclic esters (lactones) is 1. The van der Waals surface area contributed by atoms with E-state index in [-0.39, 0.29) is 24.1 Å². The van der Waals surface area contributed by atoms with Crippen LogP contribution in [0.2, 0.25) is 0 Å². The second kappa shape index (κ2) is 8.36. The Hall–Kier alpha value is -0.830. The molecule has 1 rings (SSSR count). The zero-order valence-corrected chi connectivity index (χ0v) is 12.5. The van der Waals surface area contributed by atoms with Gasteiger partial charge in [-0.05, 0) is 37.5 Å². The molecule has 19 heavy (non-hydrogen) atoms. The normalized spacial score (nSPS) is 32.3. The summed E-state index contributed by atoms with van der Waals surface area (Å²) in [6.07, 6.45) is 8.28. The predicted octanol–water partition coefficient (Wildman–Crippen LogP) is 3.46. The van der Waals surface area contributed by atoms with Gasteiger partial charge >= 0.3 is 5.97 Å². The average Bonchev–Trinajstić information content (AvgIpc) is 2.31. The van der Waals surface area contributed by atoms with Gasteiger partial charge in [-0.1, -0.05) is 32.9 Å². The highest BCUT2D eigenvalue weighted by atomic mass is 16.5. The fourth-order valence-electron chi connectivity index (χ4n) is 2.42. The van der Waals surface area contributed by atoms with Crippen LogP contribution in [0, 0.1) is 11.8 Å². The number of carbonyl (C=O) groups excluding carboxylic acids is 1. The molecule has 0 aromatic carbocycles. The van der Waals surface area contributed by atoms with Gasteiger partial charge in [0.25, 0.3) is 0 Å². The highest BCUT2D eigenvalue weighted by Crippen LogP contribution is 2.19. The standard InChI is InChI=1S/C16H28O3/c1-12(2)11-14-8-5-4-7-13(3)15(17)9-6-10-16(18)19-14/h4-5,12-15,17H,6-11H2,1-3H3/b5-4+/t13-,14+,15-/m0/s1. The van der Waals surface area contributed by atoms with Crippen molar-refractivity contribution in [2.45, 2.75) is 71.5 Å². The van der Waals surface area contributed by atoms with E-state index in [1.807, 2.05) is 0 Å². The summed E-state index contributed by atoms with van der Waals surface area (Å²) in [7, 11) is 0. The number of hydrogen-bond donors (Lipinski definition) is 1. The fraction of sp³-hybridized carbons (Fsp3) is 0.812. The molecule has 0 fully saturated rings. The Bertz CT molecular complexity index is 296. The zero-order chi connectivity index (χ0) is 14.3. The van der Waals surface area contributed by atoms with E-state index < -0.39 is 0 Å². The molecule has 110 valence electrons.